The van der Waals surface area contributed by atoms with Crippen LogP contribution >= 0.6 is 0 Å². The normalized spacial score (nSPS) is 17.2. The van der Waals surface area contributed by atoms with Gasteiger partial charge in [0, 0.05) is 24.0 Å². The zero-order chi connectivity index (χ0) is 22.1. The van der Waals surface area contributed by atoms with Gasteiger partial charge in [-0.05, 0) is 56.1 Å². The zero-order valence-corrected chi connectivity index (χ0v) is 17.9. The van der Waals surface area contributed by atoms with Gasteiger partial charge in [-0.15, -0.1) is 0 Å². The van der Waals surface area contributed by atoms with Crippen LogP contribution in [0.2, 0.25) is 0 Å². The summed E-state index contributed by atoms with van der Waals surface area (Å²) in [5, 5.41) is 8.51. The van der Waals surface area contributed by atoms with Crippen LogP contribution in [-0.4, -0.2) is 41.8 Å². The van der Waals surface area contributed by atoms with Crippen LogP contribution in [0.1, 0.15) is 44.3 Å². The van der Waals surface area contributed by atoms with E-state index in [-0.39, 0.29) is 17.9 Å². The Bertz CT molecular complexity index is 1280. The molecular weight excluding hydrogens is 411 g/mol. The van der Waals surface area contributed by atoms with E-state index in [2.05, 4.69) is 27.1 Å². The number of rotatable bonds is 6. The maximum Gasteiger partial charge on any atom is 0.277 e. The third kappa shape index (κ3) is 4.08. The average molecular weight is 436 g/mol. The Labute approximate surface area is 184 Å². The highest BCUT2D eigenvalue weighted by molar-refractivity contribution is 5.65. The van der Waals surface area contributed by atoms with Crippen molar-refractivity contribution in [1.29, 1.82) is 0 Å². The Kier molecular flexibility index (Phi) is 5.57. The van der Waals surface area contributed by atoms with E-state index in [9.17, 15) is 9.18 Å². The number of aromatic nitrogens is 5. The van der Waals surface area contributed by atoms with Crippen molar-refractivity contribution in [2.45, 2.75) is 51.7 Å². The molecule has 5 rings (SSSR count). The van der Waals surface area contributed by atoms with Crippen molar-refractivity contribution in [2.75, 3.05) is 6.54 Å². The number of halogens is 1. The summed E-state index contributed by atoms with van der Waals surface area (Å²) in [6.45, 7) is 4.11. The SMILES string of the molecule is CCC1CCCCN1Cc1nc(Cn2ccn3nc(-c4ccc(F)cc4)cc3c2=O)no1. The van der Waals surface area contributed by atoms with Gasteiger partial charge in [0.05, 0.1) is 18.8 Å². The summed E-state index contributed by atoms with van der Waals surface area (Å²) in [6, 6.07) is 8.29. The van der Waals surface area contributed by atoms with Gasteiger partial charge in [-0.25, -0.2) is 8.91 Å². The van der Waals surface area contributed by atoms with E-state index in [0.29, 0.717) is 35.5 Å². The smallest absolute Gasteiger partial charge is 0.277 e. The third-order valence-electron chi connectivity index (χ3n) is 6.12. The minimum Gasteiger partial charge on any atom is -0.338 e. The molecule has 1 aromatic carbocycles. The number of likely N-dealkylation sites (tertiary alicyclic amines) is 1. The van der Waals surface area contributed by atoms with Gasteiger partial charge in [-0.1, -0.05) is 18.5 Å². The van der Waals surface area contributed by atoms with E-state index >= 15 is 0 Å². The third-order valence-corrected chi connectivity index (χ3v) is 6.12. The predicted octanol–water partition coefficient (Wildman–Crippen LogP) is 3.50. The maximum absolute atomic E-state index is 13.2. The quantitative estimate of drug-likeness (QED) is 0.460. The van der Waals surface area contributed by atoms with Gasteiger partial charge in [0.1, 0.15) is 11.3 Å². The van der Waals surface area contributed by atoms with Gasteiger partial charge >= 0.3 is 0 Å². The summed E-state index contributed by atoms with van der Waals surface area (Å²) in [5.41, 5.74) is 1.57. The summed E-state index contributed by atoms with van der Waals surface area (Å²) in [4.78, 5) is 19.9. The van der Waals surface area contributed by atoms with E-state index < -0.39 is 0 Å². The summed E-state index contributed by atoms with van der Waals surface area (Å²) < 4.78 is 21.7. The first-order valence-electron chi connectivity index (χ1n) is 11.0. The number of benzene rings is 1. The molecule has 1 atom stereocenters. The lowest BCUT2D eigenvalue weighted by Gasteiger charge is -2.33. The van der Waals surface area contributed by atoms with Gasteiger partial charge in [-0.3, -0.25) is 9.69 Å². The molecule has 8 nitrogen and oxygen atoms in total. The van der Waals surface area contributed by atoms with Crippen LogP contribution in [0, 0.1) is 5.82 Å². The van der Waals surface area contributed by atoms with E-state index in [1.54, 1.807) is 30.6 Å². The van der Waals surface area contributed by atoms with Gasteiger partial charge in [0.15, 0.2) is 5.82 Å². The van der Waals surface area contributed by atoms with E-state index in [0.717, 1.165) is 18.5 Å². The molecule has 0 bridgehead atoms. The fourth-order valence-corrected chi connectivity index (χ4v) is 4.39. The van der Waals surface area contributed by atoms with E-state index in [1.165, 1.54) is 40.5 Å². The van der Waals surface area contributed by atoms with E-state index in [1.807, 2.05) is 0 Å². The monoisotopic (exact) mass is 436 g/mol. The molecule has 1 aliphatic heterocycles. The average Bonchev–Trinajstić information content (AvgIpc) is 3.44. The second kappa shape index (κ2) is 8.66. The Morgan fingerprint density at radius 1 is 1.16 bits per heavy atom. The fraction of sp³-hybridized carbons (Fsp3) is 0.391. The fourth-order valence-electron chi connectivity index (χ4n) is 4.39. The molecule has 0 aliphatic carbocycles. The van der Waals surface area contributed by atoms with Crippen molar-refractivity contribution in [3.05, 3.63) is 70.6 Å². The molecule has 3 aromatic heterocycles. The summed E-state index contributed by atoms with van der Waals surface area (Å²) in [5.74, 6) is 0.733. The van der Waals surface area contributed by atoms with Crippen molar-refractivity contribution < 1.29 is 8.91 Å². The highest BCUT2D eigenvalue weighted by Gasteiger charge is 2.23. The highest BCUT2D eigenvalue weighted by atomic mass is 19.1. The molecule has 0 amide bonds. The van der Waals surface area contributed by atoms with Crippen LogP contribution in [0.5, 0.6) is 0 Å². The molecule has 0 N–H and O–H groups in total. The topological polar surface area (TPSA) is 81.5 Å². The number of fused-ring (bicyclic) bond motifs is 1. The second-order valence-electron chi connectivity index (χ2n) is 8.23. The first-order valence-corrected chi connectivity index (χ1v) is 11.0. The van der Waals surface area contributed by atoms with Crippen molar-refractivity contribution in [2.24, 2.45) is 0 Å². The molecule has 166 valence electrons. The van der Waals surface area contributed by atoms with Crippen LogP contribution in [0.4, 0.5) is 4.39 Å². The summed E-state index contributed by atoms with van der Waals surface area (Å²) >= 11 is 0. The number of nitrogens with zero attached hydrogens (tertiary/aromatic N) is 6. The molecule has 4 heterocycles. The van der Waals surface area contributed by atoms with E-state index in [4.69, 9.17) is 4.52 Å². The van der Waals surface area contributed by atoms with Crippen LogP contribution in [0.3, 0.4) is 0 Å². The lowest BCUT2D eigenvalue weighted by atomic mass is 10.0. The maximum atomic E-state index is 13.2. The molecule has 0 spiro atoms. The summed E-state index contributed by atoms with van der Waals surface area (Å²) in [7, 11) is 0. The molecule has 1 fully saturated rings. The van der Waals surface area contributed by atoms with Crippen LogP contribution < -0.4 is 5.56 Å². The summed E-state index contributed by atoms with van der Waals surface area (Å²) in [6.07, 6.45) is 8.15. The van der Waals surface area contributed by atoms with Crippen LogP contribution in [0.25, 0.3) is 16.8 Å². The zero-order valence-electron chi connectivity index (χ0n) is 17.9. The minimum atomic E-state index is -0.315. The van der Waals surface area contributed by atoms with Gasteiger partial charge in [0.2, 0.25) is 5.89 Å². The molecule has 32 heavy (non-hydrogen) atoms. The lowest BCUT2D eigenvalue weighted by Crippen LogP contribution is -2.38. The standard InChI is InChI=1S/C23H25FN6O2/c1-2-18-5-3-4-10-28(18)15-22-25-21(27-32-22)14-29-11-12-30-20(23(29)31)13-19(26-30)16-6-8-17(24)9-7-16/h6-9,11-13,18H,2-5,10,14-15H2,1H3. The first-order chi connectivity index (χ1) is 15.6. The van der Waals surface area contributed by atoms with Crippen molar-refractivity contribution >= 4 is 5.52 Å². The molecule has 4 aromatic rings. The highest BCUT2D eigenvalue weighted by Crippen LogP contribution is 2.21. The Morgan fingerprint density at radius 3 is 2.81 bits per heavy atom. The van der Waals surface area contributed by atoms with Crippen molar-refractivity contribution in [1.82, 2.24) is 29.2 Å². The minimum absolute atomic E-state index is 0.207. The number of piperidine rings is 1. The molecule has 9 heteroatoms. The number of hydrogen-bond donors (Lipinski definition) is 0. The molecule has 0 saturated carbocycles. The van der Waals surface area contributed by atoms with Gasteiger partial charge in [-0.2, -0.15) is 10.1 Å². The van der Waals surface area contributed by atoms with Crippen LogP contribution in [-0.2, 0) is 13.1 Å². The Hall–Kier alpha value is -3.33. The molecule has 1 aliphatic rings. The molecule has 1 unspecified atom stereocenters. The molecular formula is C23H25FN6O2. The van der Waals surface area contributed by atoms with Crippen molar-refractivity contribution in [3.8, 4) is 11.3 Å². The second-order valence-corrected chi connectivity index (χ2v) is 8.23. The predicted molar refractivity (Wildman–Crippen MR) is 117 cm³/mol. The van der Waals surface area contributed by atoms with Gasteiger partial charge in [0.25, 0.3) is 5.56 Å². The van der Waals surface area contributed by atoms with Crippen LogP contribution in [0.15, 0.2) is 52.0 Å². The molecule has 0 radical (unpaired) electrons. The number of hydrogen-bond acceptors (Lipinski definition) is 6. The largest absolute Gasteiger partial charge is 0.338 e. The lowest BCUT2D eigenvalue weighted by molar-refractivity contribution is 0.120. The van der Waals surface area contributed by atoms with Crippen molar-refractivity contribution in [3.63, 3.8) is 0 Å². The Morgan fingerprint density at radius 2 is 2.00 bits per heavy atom. The first kappa shape index (κ1) is 20.6. The molecule has 1 saturated heterocycles. The van der Waals surface area contributed by atoms with Gasteiger partial charge < -0.3 is 9.09 Å². The Balaban J connectivity index is 1.35.